The number of hydrogen-bond acceptors (Lipinski definition) is 5. The Hall–Kier alpha value is -2.29. The van der Waals surface area contributed by atoms with Gasteiger partial charge < -0.3 is 5.73 Å². The van der Waals surface area contributed by atoms with Crippen molar-refractivity contribution in [1.29, 1.82) is 15.8 Å². The Kier molecular flexibility index (Phi) is 5.33. The molecule has 0 fully saturated rings. The predicted octanol–water partition coefficient (Wildman–Crippen LogP) is 2.70. The van der Waals surface area contributed by atoms with Crippen molar-refractivity contribution in [3.05, 3.63) is 22.9 Å². The van der Waals surface area contributed by atoms with E-state index < -0.39 is 5.41 Å². The Bertz CT molecular complexity index is 666. The second kappa shape index (κ2) is 7.08. The normalized spacial score (nSPS) is 26.1. The molecule has 0 aromatic heterocycles. The Morgan fingerprint density at radius 1 is 1.33 bits per heavy atom. The van der Waals surface area contributed by atoms with Gasteiger partial charge >= 0.3 is 0 Å². The first-order valence-corrected chi connectivity index (χ1v) is 8.60. The van der Waals surface area contributed by atoms with E-state index in [9.17, 15) is 15.8 Å². The topological polar surface area (TPSA) is 101 Å². The first-order chi connectivity index (χ1) is 11.4. The summed E-state index contributed by atoms with van der Waals surface area (Å²) in [5.41, 5.74) is 6.23. The molecule has 1 aliphatic heterocycles. The van der Waals surface area contributed by atoms with Gasteiger partial charge in [-0.1, -0.05) is 26.8 Å². The molecule has 2 rings (SSSR count). The first kappa shape index (κ1) is 18.1. The average molecular weight is 323 g/mol. The van der Waals surface area contributed by atoms with Crippen LogP contribution in [0, 0.1) is 57.2 Å². The van der Waals surface area contributed by atoms with Crippen LogP contribution in [0.4, 0.5) is 0 Å². The number of allylic oxidation sites excluding steroid dienone is 2. The van der Waals surface area contributed by atoms with Gasteiger partial charge in [-0.2, -0.15) is 15.8 Å². The third-order valence-corrected chi connectivity index (χ3v) is 5.18. The Morgan fingerprint density at radius 3 is 2.50 bits per heavy atom. The van der Waals surface area contributed by atoms with Crippen LogP contribution in [-0.4, -0.2) is 24.5 Å². The Balaban J connectivity index is 2.63. The van der Waals surface area contributed by atoms with Crippen LogP contribution in [0.15, 0.2) is 22.9 Å². The molecule has 0 saturated heterocycles. The van der Waals surface area contributed by atoms with Gasteiger partial charge in [0.1, 0.15) is 6.07 Å². The highest BCUT2D eigenvalue weighted by molar-refractivity contribution is 5.56. The van der Waals surface area contributed by atoms with E-state index in [4.69, 9.17) is 5.73 Å². The van der Waals surface area contributed by atoms with Crippen molar-refractivity contribution in [3.8, 4) is 18.2 Å². The number of rotatable bonds is 4. The highest BCUT2D eigenvalue weighted by Crippen LogP contribution is 2.51. The SMILES string of the molecule is CCCN1CC=C2C(C#N)=C(N)C(C#N)(C#N)[C@H](CC(C)C)[C@@H]2C1. The molecule has 2 aliphatic rings. The minimum absolute atomic E-state index is 0.00829. The molecule has 0 unspecified atom stereocenters. The van der Waals surface area contributed by atoms with E-state index in [0.29, 0.717) is 11.5 Å². The molecule has 0 saturated carbocycles. The van der Waals surface area contributed by atoms with Gasteiger partial charge in [-0.05, 0) is 30.9 Å². The lowest BCUT2D eigenvalue weighted by molar-refractivity contribution is 0.148. The number of nitriles is 3. The predicted molar refractivity (Wildman–Crippen MR) is 91.7 cm³/mol. The van der Waals surface area contributed by atoms with Crippen LogP contribution in [0.5, 0.6) is 0 Å². The summed E-state index contributed by atoms with van der Waals surface area (Å²) in [5, 5.41) is 29.3. The zero-order valence-corrected chi connectivity index (χ0v) is 14.7. The van der Waals surface area contributed by atoms with Gasteiger partial charge in [0, 0.05) is 24.9 Å². The van der Waals surface area contributed by atoms with Crippen molar-refractivity contribution in [2.75, 3.05) is 19.6 Å². The smallest absolute Gasteiger partial charge is 0.187 e. The fourth-order valence-corrected chi connectivity index (χ4v) is 4.10. The van der Waals surface area contributed by atoms with Gasteiger partial charge in [0.2, 0.25) is 0 Å². The second-order valence-electron chi connectivity index (χ2n) is 7.19. The molecule has 1 heterocycles. The molecule has 2 atom stereocenters. The summed E-state index contributed by atoms with van der Waals surface area (Å²) in [6.45, 7) is 8.87. The molecule has 126 valence electrons. The van der Waals surface area contributed by atoms with Gasteiger partial charge in [-0.25, -0.2) is 0 Å². The lowest BCUT2D eigenvalue weighted by atomic mass is 9.58. The molecule has 0 bridgehead atoms. The third kappa shape index (κ3) is 2.79. The van der Waals surface area contributed by atoms with Crippen LogP contribution in [0.1, 0.15) is 33.6 Å². The minimum atomic E-state index is -1.41. The number of hydrogen-bond donors (Lipinski definition) is 1. The monoisotopic (exact) mass is 323 g/mol. The molecule has 2 N–H and O–H groups in total. The number of fused-ring (bicyclic) bond motifs is 1. The Morgan fingerprint density at radius 2 is 2.00 bits per heavy atom. The highest BCUT2D eigenvalue weighted by atomic mass is 15.1. The van der Waals surface area contributed by atoms with Crippen molar-refractivity contribution in [1.82, 2.24) is 4.90 Å². The van der Waals surface area contributed by atoms with Crippen molar-refractivity contribution < 1.29 is 0 Å². The zero-order valence-electron chi connectivity index (χ0n) is 14.7. The molecule has 0 aromatic carbocycles. The fourth-order valence-electron chi connectivity index (χ4n) is 4.10. The highest BCUT2D eigenvalue weighted by Gasteiger charge is 2.53. The standard InChI is InChI=1S/C19H25N5/c1-4-6-24-7-5-14-15(9-20)18(23)19(11-21,12-22)17(8-13(2)3)16(14)10-24/h5,13,16-17H,4,6-8,10,23H2,1-3H3/t16-,17-/m1/s1. The van der Waals surface area contributed by atoms with Crippen molar-refractivity contribution in [2.45, 2.75) is 33.6 Å². The molecule has 5 nitrogen and oxygen atoms in total. The van der Waals surface area contributed by atoms with Gasteiger partial charge in [-0.15, -0.1) is 0 Å². The average Bonchev–Trinajstić information content (AvgIpc) is 2.56. The minimum Gasteiger partial charge on any atom is -0.399 e. The number of nitrogens with two attached hydrogens (primary N) is 1. The van der Waals surface area contributed by atoms with Crippen LogP contribution in [-0.2, 0) is 0 Å². The number of nitrogens with zero attached hydrogens (tertiary/aromatic N) is 4. The summed E-state index contributed by atoms with van der Waals surface area (Å²) in [6, 6.07) is 6.51. The molecule has 0 aromatic rings. The molecule has 24 heavy (non-hydrogen) atoms. The maximum absolute atomic E-state index is 9.84. The molecule has 5 heteroatoms. The zero-order chi connectivity index (χ0) is 17.9. The maximum atomic E-state index is 9.84. The van der Waals surface area contributed by atoms with Gasteiger partial charge in [0.15, 0.2) is 5.41 Å². The van der Waals surface area contributed by atoms with Gasteiger partial charge in [0.05, 0.1) is 23.4 Å². The van der Waals surface area contributed by atoms with Crippen LogP contribution in [0.25, 0.3) is 0 Å². The summed E-state index contributed by atoms with van der Waals surface area (Å²) in [6.07, 6.45) is 3.86. The molecule has 0 spiro atoms. The van der Waals surface area contributed by atoms with E-state index in [-0.39, 0.29) is 17.5 Å². The van der Waals surface area contributed by atoms with Crippen LogP contribution >= 0.6 is 0 Å². The summed E-state index contributed by atoms with van der Waals surface area (Å²) in [5.74, 6) is 0.166. The van der Waals surface area contributed by atoms with Crippen molar-refractivity contribution >= 4 is 0 Å². The second-order valence-corrected chi connectivity index (χ2v) is 7.19. The van der Waals surface area contributed by atoms with Crippen LogP contribution in [0.3, 0.4) is 0 Å². The van der Waals surface area contributed by atoms with E-state index >= 15 is 0 Å². The molecular weight excluding hydrogens is 298 g/mol. The van der Waals surface area contributed by atoms with Crippen molar-refractivity contribution in [3.63, 3.8) is 0 Å². The summed E-state index contributed by atoms with van der Waals surface area (Å²) in [7, 11) is 0. The molecular formula is C19H25N5. The van der Waals surface area contributed by atoms with E-state index in [1.807, 2.05) is 0 Å². The lowest BCUT2D eigenvalue weighted by Crippen LogP contribution is -2.49. The maximum Gasteiger partial charge on any atom is 0.187 e. The van der Waals surface area contributed by atoms with Gasteiger partial charge in [0.25, 0.3) is 0 Å². The van der Waals surface area contributed by atoms with E-state index in [1.165, 1.54) is 0 Å². The van der Waals surface area contributed by atoms with E-state index in [1.54, 1.807) is 0 Å². The van der Waals surface area contributed by atoms with Crippen LogP contribution in [0.2, 0.25) is 0 Å². The largest absolute Gasteiger partial charge is 0.399 e. The summed E-state index contributed by atoms with van der Waals surface area (Å²) < 4.78 is 0. The third-order valence-electron chi connectivity index (χ3n) is 5.18. The molecule has 0 amide bonds. The van der Waals surface area contributed by atoms with Crippen LogP contribution < -0.4 is 5.73 Å². The lowest BCUT2D eigenvalue weighted by Gasteiger charge is -2.46. The molecule has 0 radical (unpaired) electrons. The Labute approximate surface area is 144 Å². The van der Waals surface area contributed by atoms with Crippen molar-refractivity contribution in [2.24, 2.45) is 28.9 Å². The quantitative estimate of drug-likeness (QED) is 0.857. The van der Waals surface area contributed by atoms with E-state index in [0.717, 1.165) is 38.0 Å². The first-order valence-electron chi connectivity index (χ1n) is 8.60. The molecule has 1 aliphatic carbocycles. The van der Waals surface area contributed by atoms with Gasteiger partial charge in [-0.3, -0.25) is 4.90 Å². The fraction of sp³-hybridized carbons (Fsp3) is 0.632. The van der Waals surface area contributed by atoms with E-state index in [2.05, 4.69) is 50.0 Å². The summed E-state index contributed by atoms with van der Waals surface area (Å²) in [4.78, 5) is 2.33. The summed E-state index contributed by atoms with van der Waals surface area (Å²) >= 11 is 0.